The van der Waals surface area contributed by atoms with Gasteiger partial charge in [0.2, 0.25) is 0 Å². The van der Waals surface area contributed by atoms with E-state index in [1.54, 1.807) is 0 Å². The van der Waals surface area contributed by atoms with Gasteiger partial charge in [-0.25, -0.2) is 0 Å². The number of nitrogens with one attached hydrogen (secondary N) is 1. The van der Waals surface area contributed by atoms with Gasteiger partial charge in [0, 0.05) is 31.7 Å². The van der Waals surface area contributed by atoms with Crippen LogP contribution < -0.4 is 10.2 Å². The second-order valence-electron chi connectivity index (χ2n) is 5.58. The highest BCUT2D eigenvalue weighted by molar-refractivity contribution is 5.58. The molecule has 2 aromatic rings. The van der Waals surface area contributed by atoms with Crippen LogP contribution in [0.2, 0.25) is 0 Å². The number of nitrogens with zero attached hydrogens (tertiary/aromatic N) is 2. The van der Waals surface area contributed by atoms with Gasteiger partial charge in [0.15, 0.2) is 0 Å². The molecule has 1 atom stereocenters. The number of aryl methyl sites for hydroxylation is 1. The minimum atomic E-state index is 0.331. The Morgan fingerprint density at radius 1 is 1.20 bits per heavy atom. The van der Waals surface area contributed by atoms with Crippen LogP contribution in [0.3, 0.4) is 0 Å². The molecule has 0 saturated heterocycles. The number of benzene rings is 1. The van der Waals surface area contributed by atoms with Crippen LogP contribution in [0.5, 0.6) is 0 Å². The van der Waals surface area contributed by atoms with E-state index in [9.17, 15) is 0 Å². The number of fused-ring (bicyclic) bond motifs is 1. The minimum absolute atomic E-state index is 0.331. The molecule has 1 unspecified atom stereocenters. The van der Waals surface area contributed by atoms with E-state index < -0.39 is 0 Å². The van der Waals surface area contributed by atoms with Crippen molar-refractivity contribution in [2.45, 2.75) is 25.3 Å². The number of pyridine rings is 1. The fraction of sp³-hybridized carbons (Fsp3) is 0.353. The fourth-order valence-corrected chi connectivity index (χ4v) is 2.82. The lowest BCUT2D eigenvalue weighted by molar-refractivity contribution is 0.583. The van der Waals surface area contributed by atoms with Gasteiger partial charge < -0.3 is 10.2 Å². The first kappa shape index (κ1) is 13.0. The van der Waals surface area contributed by atoms with Crippen LogP contribution in [0, 0.1) is 0 Å². The number of anilines is 2. The molecule has 1 aromatic heterocycles. The third-order valence-electron chi connectivity index (χ3n) is 3.90. The molecule has 0 spiro atoms. The van der Waals surface area contributed by atoms with Crippen molar-refractivity contribution < 1.29 is 0 Å². The van der Waals surface area contributed by atoms with Gasteiger partial charge in [-0.05, 0) is 49.1 Å². The molecule has 0 aliphatic heterocycles. The quantitative estimate of drug-likeness (QED) is 0.920. The first-order valence-electron chi connectivity index (χ1n) is 7.22. The summed E-state index contributed by atoms with van der Waals surface area (Å²) in [6, 6.07) is 13.1. The van der Waals surface area contributed by atoms with Crippen LogP contribution in [0.25, 0.3) is 0 Å². The number of rotatable bonds is 3. The molecule has 1 aliphatic rings. The zero-order chi connectivity index (χ0) is 13.9. The van der Waals surface area contributed by atoms with Crippen molar-refractivity contribution in [1.82, 2.24) is 4.98 Å². The average Bonchev–Trinajstić information content (AvgIpc) is 2.48. The Morgan fingerprint density at radius 3 is 2.95 bits per heavy atom. The van der Waals surface area contributed by atoms with Crippen molar-refractivity contribution >= 4 is 11.4 Å². The lowest BCUT2D eigenvalue weighted by atomic mass is 9.92. The Hall–Kier alpha value is -2.03. The fourth-order valence-electron chi connectivity index (χ4n) is 2.82. The summed E-state index contributed by atoms with van der Waals surface area (Å²) in [5.41, 5.74) is 4.99. The zero-order valence-electron chi connectivity index (χ0n) is 12.1. The van der Waals surface area contributed by atoms with Crippen LogP contribution in [0.1, 0.15) is 30.1 Å². The minimum Gasteiger partial charge on any atom is -0.378 e. The topological polar surface area (TPSA) is 28.2 Å². The first-order chi connectivity index (χ1) is 9.74. The van der Waals surface area contributed by atoms with Gasteiger partial charge in [-0.15, -0.1) is 0 Å². The van der Waals surface area contributed by atoms with Crippen LogP contribution in [-0.2, 0) is 6.42 Å². The van der Waals surface area contributed by atoms with E-state index in [1.807, 2.05) is 12.3 Å². The monoisotopic (exact) mass is 267 g/mol. The molecule has 1 heterocycles. The molecule has 104 valence electrons. The van der Waals surface area contributed by atoms with Gasteiger partial charge in [-0.2, -0.15) is 0 Å². The molecular weight excluding hydrogens is 246 g/mol. The third-order valence-corrected chi connectivity index (χ3v) is 3.90. The lowest BCUT2D eigenvalue weighted by Crippen LogP contribution is -2.19. The summed E-state index contributed by atoms with van der Waals surface area (Å²) in [5, 5.41) is 3.64. The SMILES string of the molecule is CN(C)c1cccc(NC2CCCc3cccnc32)c1. The average molecular weight is 267 g/mol. The zero-order valence-corrected chi connectivity index (χ0v) is 12.1. The van der Waals surface area contributed by atoms with Crippen molar-refractivity contribution in [1.29, 1.82) is 0 Å². The lowest BCUT2D eigenvalue weighted by Gasteiger charge is -2.26. The number of aromatic nitrogens is 1. The van der Waals surface area contributed by atoms with Crippen LogP contribution in [-0.4, -0.2) is 19.1 Å². The molecule has 0 radical (unpaired) electrons. The molecule has 3 rings (SSSR count). The van der Waals surface area contributed by atoms with Crippen LogP contribution in [0.15, 0.2) is 42.6 Å². The van der Waals surface area contributed by atoms with Crippen LogP contribution >= 0.6 is 0 Å². The molecule has 0 amide bonds. The summed E-state index contributed by atoms with van der Waals surface area (Å²) < 4.78 is 0. The molecule has 3 nitrogen and oxygen atoms in total. The Balaban J connectivity index is 1.84. The van der Waals surface area contributed by atoms with Crippen molar-refractivity contribution in [3.8, 4) is 0 Å². The molecular formula is C17H21N3. The smallest absolute Gasteiger partial charge is 0.0688 e. The van der Waals surface area contributed by atoms with E-state index in [2.05, 4.69) is 59.6 Å². The van der Waals surface area contributed by atoms with Gasteiger partial charge in [0.25, 0.3) is 0 Å². The maximum atomic E-state index is 4.58. The predicted molar refractivity (Wildman–Crippen MR) is 84.3 cm³/mol. The summed E-state index contributed by atoms with van der Waals surface area (Å²) >= 11 is 0. The highest BCUT2D eigenvalue weighted by Gasteiger charge is 2.20. The van der Waals surface area contributed by atoms with Crippen molar-refractivity contribution in [2.75, 3.05) is 24.3 Å². The van der Waals surface area contributed by atoms with E-state index in [0.29, 0.717) is 6.04 Å². The molecule has 1 N–H and O–H groups in total. The Bertz CT molecular complexity index is 592. The number of hydrogen-bond donors (Lipinski definition) is 1. The summed E-state index contributed by atoms with van der Waals surface area (Å²) in [6.45, 7) is 0. The molecule has 0 bridgehead atoms. The van der Waals surface area contributed by atoms with Gasteiger partial charge in [-0.1, -0.05) is 12.1 Å². The maximum absolute atomic E-state index is 4.58. The van der Waals surface area contributed by atoms with E-state index >= 15 is 0 Å². The molecule has 3 heteroatoms. The summed E-state index contributed by atoms with van der Waals surface area (Å²) in [5.74, 6) is 0. The van der Waals surface area contributed by atoms with E-state index in [0.717, 1.165) is 12.8 Å². The van der Waals surface area contributed by atoms with E-state index in [1.165, 1.54) is 29.1 Å². The normalized spacial score (nSPS) is 17.4. The Kier molecular flexibility index (Phi) is 3.59. The highest BCUT2D eigenvalue weighted by atomic mass is 15.1. The standard InChI is InChI=1S/C17H21N3/c1-20(2)15-9-4-8-14(12-15)19-16-10-3-6-13-7-5-11-18-17(13)16/h4-5,7-9,11-12,16,19H,3,6,10H2,1-2H3. The second-order valence-corrected chi connectivity index (χ2v) is 5.58. The van der Waals surface area contributed by atoms with Gasteiger partial charge in [-0.3, -0.25) is 4.98 Å². The molecule has 1 aromatic carbocycles. The second kappa shape index (κ2) is 5.53. The molecule has 0 saturated carbocycles. The van der Waals surface area contributed by atoms with Crippen molar-refractivity contribution in [3.63, 3.8) is 0 Å². The van der Waals surface area contributed by atoms with E-state index in [-0.39, 0.29) is 0 Å². The van der Waals surface area contributed by atoms with Crippen LogP contribution in [0.4, 0.5) is 11.4 Å². The molecule has 20 heavy (non-hydrogen) atoms. The summed E-state index contributed by atoms with van der Waals surface area (Å²) in [6.07, 6.45) is 5.42. The highest BCUT2D eigenvalue weighted by Crippen LogP contribution is 2.31. The van der Waals surface area contributed by atoms with E-state index in [4.69, 9.17) is 0 Å². The van der Waals surface area contributed by atoms with Gasteiger partial charge in [0.05, 0.1) is 11.7 Å². The summed E-state index contributed by atoms with van der Waals surface area (Å²) in [7, 11) is 4.13. The van der Waals surface area contributed by atoms with Gasteiger partial charge in [0.1, 0.15) is 0 Å². The van der Waals surface area contributed by atoms with Crippen molar-refractivity contribution in [2.24, 2.45) is 0 Å². The third kappa shape index (κ3) is 2.62. The maximum Gasteiger partial charge on any atom is 0.0688 e. The Labute approximate surface area is 120 Å². The Morgan fingerprint density at radius 2 is 2.10 bits per heavy atom. The van der Waals surface area contributed by atoms with Crippen molar-refractivity contribution in [3.05, 3.63) is 53.9 Å². The largest absolute Gasteiger partial charge is 0.378 e. The number of hydrogen-bond acceptors (Lipinski definition) is 3. The summed E-state index contributed by atoms with van der Waals surface area (Å²) in [4.78, 5) is 6.70. The predicted octanol–water partition coefficient (Wildman–Crippen LogP) is 3.64. The van der Waals surface area contributed by atoms with Gasteiger partial charge >= 0.3 is 0 Å². The first-order valence-corrected chi connectivity index (χ1v) is 7.22. The molecule has 1 aliphatic carbocycles. The molecule has 0 fully saturated rings.